The smallest absolute Gasteiger partial charge is 0.410 e. The number of amides is 1. The van der Waals surface area contributed by atoms with Gasteiger partial charge in [0.25, 0.3) is 0 Å². The van der Waals surface area contributed by atoms with Gasteiger partial charge in [-0.1, -0.05) is 76.2 Å². The molecule has 1 unspecified atom stereocenters. The van der Waals surface area contributed by atoms with Crippen molar-refractivity contribution in [3.8, 4) is 5.75 Å². The third-order valence-electron chi connectivity index (χ3n) is 4.21. The molecule has 0 saturated heterocycles. The molecule has 4 nitrogen and oxygen atoms in total. The number of ether oxygens (including phenoxy) is 1. The van der Waals surface area contributed by atoms with Crippen molar-refractivity contribution in [3.63, 3.8) is 0 Å². The minimum absolute atomic E-state index is 0.265. The van der Waals surface area contributed by atoms with E-state index >= 15 is 0 Å². The fourth-order valence-electron chi connectivity index (χ4n) is 2.74. The Morgan fingerprint density at radius 1 is 0.960 bits per heavy atom. The minimum Gasteiger partial charge on any atom is -0.410 e. The van der Waals surface area contributed by atoms with E-state index in [0.717, 1.165) is 16.7 Å². The Hall–Kier alpha value is -2.33. The molecule has 134 valence electrons. The summed E-state index contributed by atoms with van der Waals surface area (Å²) in [6.45, 7) is 8.69. The van der Waals surface area contributed by atoms with E-state index in [-0.39, 0.29) is 17.9 Å². The van der Waals surface area contributed by atoms with Crippen molar-refractivity contribution in [2.45, 2.75) is 45.6 Å². The summed E-state index contributed by atoms with van der Waals surface area (Å²) in [5, 5.41) is 2.78. The molecule has 1 amide bonds. The molecule has 0 aliphatic carbocycles. The van der Waals surface area contributed by atoms with Gasteiger partial charge in [0, 0.05) is 12.6 Å². The van der Waals surface area contributed by atoms with Crippen molar-refractivity contribution >= 4 is 6.09 Å². The van der Waals surface area contributed by atoms with Gasteiger partial charge in [0.05, 0.1) is 0 Å². The molecule has 0 heterocycles. The van der Waals surface area contributed by atoms with Gasteiger partial charge in [0.15, 0.2) is 0 Å². The van der Waals surface area contributed by atoms with Crippen LogP contribution in [0.2, 0.25) is 0 Å². The summed E-state index contributed by atoms with van der Waals surface area (Å²) in [6, 6.07) is 15.5. The summed E-state index contributed by atoms with van der Waals surface area (Å²) in [5.74, 6) is 1.21. The molecule has 0 bridgehead atoms. The first-order valence-electron chi connectivity index (χ1n) is 8.79. The standard InChI is InChI=1S/C21H28N2O2/c1-14(2)17-11-8-12-18(15(3)4)20(17)25-21(24)23-13-19(22)16-9-6-5-7-10-16/h5-12,14-15,19H,13,22H2,1-4H3,(H,23,24). The van der Waals surface area contributed by atoms with Gasteiger partial charge in [-0.3, -0.25) is 0 Å². The summed E-state index contributed by atoms with van der Waals surface area (Å²) in [4.78, 5) is 12.3. The Labute approximate surface area is 150 Å². The van der Waals surface area contributed by atoms with Crippen molar-refractivity contribution in [1.82, 2.24) is 5.32 Å². The molecule has 3 N–H and O–H groups in total. The Kier molecular flexibility index (Phi) is 6.59. The Bertz CT molecular complexity index is 670. The average Bonchev–Trinajstić information content (AvgIpc) is 2.60. The van der Waals surface area contributed by atoms with Crippen LogP contribution in [0.15, 0.2) is 48.5 Å². The van der Waals surface area contributed by atoms with Crippen LogP contribution in [0, 0.1) is 0 Å². The molecule has 0 fully saturated rings. The fraction of sp³-hybridized carbons (Fsp3) is 0.381. The van der Waals surface area contributed by atoms with E-state index < -0.39 is 6.09 Å². The Morgan fingerprint density at radius 2 is 1.52 bits per heavy atom. The maximum Gasteiger partial charge on any atom is 0.412 e. The number of benzene rings is 2. The zero-order valence-electron chi connectivity index (χ0n) is 15.5. The highest BCUT2D eigenvalue weighted by molar-refractivity contribution is 5.71. The summed E-state index contributed by atoms with van der Waals surface area (Å²) in [6.07, 6.45) is -0.471. The van der Waals surface area contributed by atoms with E-state index in [0.29, 0.717) is 12.3 Å². The lowest BCUT2D eigenvalue weighted by Crippen LogP contribution is -2.34. The zero-order chi connectivity index (χ0) is 18.4. The van der Waals surface area contributed by atoms with Crippen molar-refractivity contribution in [2.75, 3.05) is 6.54 Å². The molecule has 0 aliphatic heterocycles. The lowest BCUT2D eigenvalue weighted by molar-refractivity contribution is 0.198. The Balaban J connectivity index is 2.07. The number of hydrogen-bond acceptors (Lipinski definition) is 3. The van der Waals surface area contributed by atoms with Crippen LogP contribution in [0.25, 0.3) is 0 Å². The number of para-hydroxylation sites is 1. The van der Waals surface area contributed by atoms with Crippen LogP contribution in [0.3, 0.4) is 0 Å². The van der Waals surface area contributed by atoms with Gasteiger partial charge in [-0.15, -0.1) is 0 Å². The van der Waals surface area contributed by atoms with E-state index in [4.69, 9.17) is 10.5 Å². The van der Waals surface area contributed by atoms with Gasteiger partial charge in [0.2, 0.25) is 0 Å². The third-order valence-corrected chi connectivity index (χ3v) is 4.21. The van der Waals surface area contributed by atoms with Crippen LogP contribution in [0.1, 0.15) is 62.3 Å². The summed E-state index contributed by atoms with van der Waals surface area (Å²) >= 11 is 0. The van der Waals surface area contributed by atoms with Crippen molar-refractivity contribution < 1.29 is 9.53 Å². The largest absolute Gasteiger partial charge is 0.412 e. The van der Waals surface area contributed by atoms with Crippen molar-refractivity contribution in [1.29, 1.82) is 0 Å². The molecule has 4 heteroatoms. The second kappa shape index (κ2) is 8.67. The van der Waals surface area contributed by atoms with Crippen LogP contribution in [0.4, 0.5) is 4.79 Å². The van der Waals surface area contributed by atoms with Gasteiger partial charge in [-0.25, -0.2) is 4.79 Å². The molecule has 0 aromatic heterocycles. The maximum absolute atomic E-state index is 12.3. The summed E-state index contributed by atoms with van der Waals surface area (Å²) in [5.41, 5.74) is 9.17. The molecular weight excluding hydrogens is 312 g/mol. The zero-order valence-corrected chi connectivity index (χ0v) is 15.5. The van der Waals surface area contributed by atoms with Crippen LogP contribution in [-0.2, 0) is 0 Å². The predicted molar refractivity (Wildman–Crippen MR) is 102 cm³/mol. The molecule has 25 heavy (non-hydrogen) atoms. The highest BCUT2D eigenvalue weighted by Gasteiger charge is 2.18. The number of rotatable bonds is 6. The summed E-state index contributed by atoms with van der Waals surface area (Å²) in [7, 11) is 0. The van der Waals surface area contributed by atoms with Crippen LogP contribution in [-0.4, -0.2) is 12.6 Å². The number of carbonyl (C=O) groups is 1. The minimum atomic E-state index is -0.471. The number of nitrogens with one attached hydrogen (secondary N) is 1. The average molecular weight is 340 g/mol. The topological polar surface area (TPSA) is 64.3 Å². The van der Waals surface area contributed by atoms with E-state index in [9.17, 15) is 4.79 Å². The summed E-state index contributed by atoms with van der Waals surface area (Å²) < 4.78 is 5.68. The molecule has 2 rings (SSSR count). The Morgan fingerprint density at radius 3 is 2.04 bits per heavy atom. The first kappa shape index (κ1) is 19.0. The normalized spacial score (nSPS) is 12.3. The molecule has 0 spiro atoms. The van der Waals surface area contributed by atoms with Gasteiger partial charge < -0.3 is 15.8 Å². The van der Waals surface area contributed by atoms with Crippen LogP contribution in [0.5, 0.6) is 5.75 Å². The monoisotopic (exact) mass is 340 g/mol. The second-order valence-electron chi connectivity index (χ2n) is 6.86. The predicted octanol–water partition coefficient (Wildman–Crippen LogP) is 4.72. The van der Waals surface area contributed by atoms with Crippen LogP contribution >= 0.6 is 0 Å². The quantitative estimate of drug-likeness (QED) is 0.799. The molecule has 2 aromatic rings. The van der Waals surface area contributed by atoms with E-state index in [1.54, 1.807) is 0 Å². The van der Waals surface area contributed by atoms with Crippen molar-refractivity contribution in [3.05, 3.63) is 65.2 Å². The first-order chi connectivity index (χ1) is 11.9. The first-order valence-corrected chi connectivity index (χ1v) is 8.79. The number of carbonyl (C=O) groups excluding carboxylic acids is 1. The SMILES string of the molecule is CC(C)c1cccc(C(C)C)c1OC(=O)NCC(N)c1ccccc1. The molecular formula is C21H28N2O2. The van der Waals surface area contributed by atoms with E-state index in [2.05, 4.69) is 33.0 Å². The van der Waals surface area contributed by atoms with Gasteiger partial charge in [0.1, 0.15) is 5.75 Å². The lowest BCUT2D eigenvalue weighted by Gasteiger charge is -2.19. The molecule has 0 saturated carbocycles. The molecule has 1 atom stereocenters. The molecule has 0 aliphatic rings. The van der Waals surface area contributed by atoms with Gasteiger partial charge >= 0.3 is 6.09 Å². The second-order valence-corrected chi connectivity index (χ2v) is 6.86. The molecule has 2 aromatic carbocycles. The van der Waals surface area contributed by atoms with Gasteiger partial charge in [-0.05, 0) is 28.5 Å². The van der Waals surface area contributed by atoms with Crippen molar-refractivity contribution in [2.24, 2.45) is 5.73 Å². The van der Waals surface area contributed by atoms with E-state index in [1.165, 1.54) is 0 Å². The maximum atomic E-state index is 12.3. The fourth-order valence-corrected chi connectivity index (χ4v) is 2.74. The van der Waals surface area contributed by atoms with E-state index in [1.807, 2.05) is 48.5 Å². The molecule has 0 radical (unpaired) electrons. The van der Waals surface area contributed by atoms with Crippen LogP contribution < -0.4 is 15.8 Å². The third kappa shape index (κ3) is 5.07. The lowest BCUT2D eigenvalue weighted by atomic mass is 9.94. The number of nitrogens with two attached hydrogens (primary N) is 1. The van der Waals surface area contributed by atoms with Gasteiger partial charge in [-0.2, -0.15) is 0 Å². The highest BCUT2D eigenvalue weighted by Crippen LogP contribution is 2.34. The highest BCUT2D eigenvalue weighted by atomic mass is 16.6. The number of hydrogen-bond donors (Lipinski definition) is 2.